The summed E-state index contributed by atoms with van der Waals surface area (Å²) in [5.74, 6) is -1.97. The fraction of sp³-hybridized carbons (Fsp3) is 0.304. The van der Waals surface area contributed by atoms with Crippen LogP contribution in [0.3, 0.4) is 0 Å². The van der Waals surface area contributed by atoms with E-state index in [2.05, 4.69) is 15.1 Å². The van der Waals surface area contributed by atoms with Crippen molar-refractivity contribution in [1.29, 1.82) is 0 Å². The minimum atomic E-state index is -0.723. The zero-order valence-corrected chi connectivity index (χ0v) is 18.4. The molecular weight excluding hydrogens is 431 g/mol. The lowest BCUT2D eigenvalue weighted by Crippen LogP contribution is -2.50. The molecule has 0 aliphatic carbocycles. The zero-order valence-electron chi connectivity index (χ0n) is 17.6. The highest BCUT2D eigenvalue weighted by Gasteiger charge is 2.31. The summed E-state index contributed by atoms with van der Waals surface area (Å²) >= 11 is 1.28. The van der Waals surface area contributed by atoms with Gasteiger partial charge in [0, 0.05) is 31.7 Å². The van der Waals surface area contributed by atoms with Crippen molar-refractivity contribution in [3.63, 3.8) is 0 Å². The van der Waals surface area contributed by atoms with Crippen LogP contribution >= 0.6 is 11.3 Å². The Morgan fingerprint density at radius 1 is 1.16 bits per heavy atom. The van der Waals surface area contributed by atoms with Crippen molar-refractivity contribution in [1.82, 2.24) is 15.1 Å². The first-order valence-electron chi connectivity index (χ1n) is 10.4. The number of aliphatic carboxylic acids is 1. The number of carbonyl (C=O) groups is 2. The van der Waals surface area contributed by atoms with Crippen molar-refractivity contribution >= 4 is 28.3 Å². The van der Waals surface area contributed by atoms with E-state index in [4.69, 9.17) is 5.11 Å². The maximum atomic E-state index is 14.0. The van der Waals surface area contributed by atoms with Gasteiger partial charge >= 0.3 is 5.97 Å². The quantitative estimate of drug-likeness (QED) is 0.560. The van der Waals surface area contributed by atoms with Crippen LogP contribution in [-0.4, -0.2) is 58.3 Å². The smallest absolute Gasteiger partial charge is 0.309 e. The number of aromatic nitrogens is 2. The van der Waals surface area contributed by atoms with Gasteiger partial charge in [-0.15, -0.1) is 10.2 Å². The van der Waals surface area contributed by atoms with E-state index in [0.29, 0.717) is 29.8 Å². The maximum absolute atomic E-state index is 14.0. The van der Waals surface area contributed by atoms with Crippen molar-refractivity contribution in [3.05, 3.63) is 65.5 Å². The average Bonchev–Trinajstić information content (AvgIpc) is 3.23. The molecule has 32 heavy (non-hydrogen) atoms. The van der Waals surface area contributed by atoms with Crippen LogP contribution in [0.5, 0.6) is 0 Å². The topological polar surface area (TPSA) is 86.6 Å². The van der Waals surface area contributed by atoms with Gasteiger partial charge in [0.05, 0.1) is 11.5 Å². The second-order valence-corrected chi connectivity index (χ2v) is 8.62. The summed E-state index contributed by atoms with van der Waals surface area (Å²) in [6.07, 6.45) is 0.842. The normalized spacial score (nSPS) is 14.2. The zero-order chi connectivity index (χ0) is 22.7. The standard InChI is InChI=1S/C23H23FN4O3S/c1-2-28(21(29)18-5-3-4-6-19(18)24)23-26-25-20(32-23)16-9-7-15(8-10-16)11-12-27-13-17(14-27)22(30)31/h3-10,17H,2,11-14H2,1H3,(H,30,31). The van der Waals surface area contributed by atoms with E-state index in [1.807, 2.05) is 31.2 Å². The lowest BCUT2D eigenvalue weighted by molar-refractivity contribution is -0.147. The van der Waals surface area contributed by atoms with Crippen LogP contribution in [0, 0.1) is 11.7 Å². The number of carbonyl (C=O) groups excluding carboxylic acids is 1. The Hall–Kier alpha value is -3.17. The van der Waals surface area contributed by atoms with E-state index in [1.165, 1.54) is 28.4 Å². The third-order valence-electron chi connectivity index (χ3n) is 5.53. The van der Waals surface area contributed by atoms with Crippen molar-refractivity contribution in [2.45, 2.75) is 13.3 Å². The fourth-order valence-corrected chi connectivity index (χ4v) is 4.51. The molecule has 1 saturated heterocycles. The summed E-state index contributed by atoms with van der Waals surface area (Å²) in [6, 6.07) is 13.9. The van der Waals surface area contributed by atoms with Crippen LogP contribution in [-0.2, 0) is 11.2 Å². The molecule has 0 saturated carbocycles. The number of nitrogens with zero attached hydrogens (tertiary/aromatic N) is 4. The predicted octanol–water partition coefficient (Wildman–Crippen LogP) is 3.57. The van der Waals surface area contributed by atoms with Gasteiger partial charge in [0.1, 0.15) is 10.8 Å². The molecule has 0 unspecified atom stereocenters. The van der Waals surface area contributed by atoms with Crippen LogP contribution in [0.25, 0.3) is 10.6 Å². The summed E-state index contributed by atoms with van der Waals surface area (Å²) < 4.78 is 14.0. The predicted molar refractivity (Wildman–Crippen MR) is 120 cm³/mol. The Bertz CT molecular complexity index is 1110. The van der Waals surface area contributed by atoms with Crippen LogP contribution in [0.2, 0.25) is 0 Å². The molecule has 166 valence electrons. The lowest BCUT2D eigenvalue weighted by atomic mass is 9.99. The molecule has 1 aliphatic heterocycles. The Kier molecular flexibility index (Phi) is 6.57. The molecule has 0 radical (unpaired) electrons. The number of hydrogen-bond acceptors (Lipinski definition) is 6. The van der Waals surface area contributed by atoms with Crippen LogP contribution < -0.4 is 4.90 Å². The minimum Gasteiger partial charge on any atom is -0.481 e. The Morgan fingerprint density at radius 3 is 2.53 bits per heavy atom. The molecule has 1 N–H and O–H groups in total. The molecule has 4 rings (SSSR count). The van der Waals surface area contributed by atoms with Crippen LogP contribution in [0.15, 0.2) is 48.5 Å². The number of benzene rings is 2. The van der Waals surface area contributed by atoms with Crippen molar-refractivity contribution < 1.29 is 19.1 Å². The molecule has 7 nitrogen and oxygen atoms in total. The molecule has 0 bridgehead atoms. The van der Waals surface area contributed by atoms with Gasteiger partial charge in [-0.05, 0) is 31.0 Å². The molecule has 2 heterocycles. The molecule has 1 aromatic heterocycles. The van der Waals surface area contributed by atoms with Crippen molar-refractivity contribution in [2.24, 2.45) is 5.92 Å². The van der Waals surface area contributed by atoms with Gasteiger partial charge in [0.2, 0.25) is 5.13 Å². The summed E-state index contributed by atoms with van der Waals surface area (Å²) in [5, 5.41) is 18.4. The van der Waals surface area contributed by atoms with Crippen LogP contribution in [0.1, 0.15) is 22.8 Å². The molecule has 9 heteroatoms. The number of carboxylic acid groups (broad SMARTS) is 1. The first-order valence-corrected chi connectivity index (χ1v) is 11.2. The number of rotatable bonds is 8. The summed E-state index contributed by atoms with van der Waals surface area (Å²) in [4.78, 5) is 27.2. The van der Waals surface area contributed by atoms with Crippen molar-refractivity contribution in [2.75, 3.05) is 31.1 Å². The molecule has 1 aliphatic rings. The number of carboxylic acids is 1. The van der Waals surface area contributed by atoms with Gasteiger partial charge in [-0.25, -0.2) is 4.39 Å². The number of halogens is 1. The number of anilines is 1. The fourth-order valence-electron chi connectivity index (χ4n) is 3.60. The monoisotopic (exact) mass is 454 g/mol. The molecular formula is C23H23FN4O3S. The molecule has 1 fully saturated rings. The minimum absolute atomic E-state index is 0.00679. The van der Waals surface area contributed by atoms with Crippen molar-refractivity contribution in [3.8, 4) is 10.6 Å². The third-order valence-corrected chi connectivity index (χ3v) is 6.53. The van der Waals surface area contributed by atoms with Gasteiger partial charge in [0.15, 0.2) is 0 Å². The average molecular weight is 455 g/mol. The highest BCUT2D eigenvalue weighted by molar-refractivity contribution is 7.18. The molecule has 0 spiro atoms. The third kappa shape index (κ3) is 4.68. The van der Waals surface area contributed by atoms with E-state index in [-0.39, 0.29) is 11.5 Å². The van der Waals surface area contributed by atoms with E-state index in [9.17, 15) is 14.0 Å². The van der Waals surface area contributed by atoms with Gasteiger partial charge < -0.3 is 10.0 Å². The van der Waals surface area contributed by atoms with E-state index in [0.717, 1.165) is 24.1 Å². The van der Waals surface area contributed by atoms with Gasteiger partial charge in [-0.2, -0.15) is 0 Å². The Balaban J connectivity index is 1.40. The number of hydrogen-bond donors (Lipinski definition) is 1. The lowest BCUT2D eigenvalue weighted by Gasteiger charge is -2.36. The number of amides is 1. The molecule has 2 aromatic carbocycles. The number of likely N-dealkylation sites (tertiary alicyclic amines) is 1. The second kappa shape index (κ2) is 9.54. The molecule has 3 aromatic rings. The second-order valence-electron chi connectivity index (χ2n) is 7.66. The highest BCUT2D eigenvalue weighted by atomic mass is 32.1. The maximum Gasteiger partial charge on any atom is 0.309 e. The summed E-state index contributed by atoms with van der Waals surface area (Å²) in [6.45, 7) is 4.21. The summed E-state index contributed by atoms with van der Waals surface area (Å²) in [7, 11) is 0. The van der Waals surface area contributed by atoms with E-state index in [1.54, 1.807) is 12.1 Å². The first kappa shape index (κ1) is 22.0. The SMILES string of the molecule is CCN(C(=O)c1ccccc1F)c1nnc(-c2ccc(CCN3CC(C(=O)O)C3)cc2)s1. The van der Waals surface area contributed by atoms with Gasteiger partial charge in [-0.3, -0.25) is 14.5 Å². The largest absolute Gasteiger partial charge is 0.481 e. The Morgan fingerprint density at radius 2 is 1.88 bits per heavy atom. The molecule has 1 amide bonds. The van der Waals surface area contributed by atoms with E-state index < -0.39 is 17.7 Å². The van der Waals surface area contributed by atoms with Gasteiger partial charge in [0.25, 0.3) is 5.91 Å². The van der Waals surface area contributed by atoms with Crippen LogP contribution in [0.4, 0.5) is 9.52 Å². The Labute approximate surface area is 189 Å². The first-order chi connectivity index (χ1) is 15.5. The summed E-state index contributed by atoms with van der Waals surface area (Å²) in [5.41, 5.74) is 2.05. The van der Waals surface area contributed by atoms with E-state index >= 15 is 0 Å². The molecule has 0 atom stereocenters. The van der Waals surface area contributed by atoms with Gasteiger partial charge in [-0.1, -0.05) is 47.7 Å². The highest BCUT2D eigenvalue weighted by Crippen LogP contribution is 2.30.